The quantitative estimate of drug-likeness (QED) is 0.310. The monoisotopic (exact) mass is 476 g/mol. The molecule has 2 N–H and O–H groups in total. The number of pyridine rings is 2. The molecule has 36 heavy (non-hydrogen) atoms. The van der Waals surface area contributed by atoms with Crippen LogP contribution in [0.4, 0.5) is 5.69 Å². The van der Waals surface area contributed by atoms with E-state index >= 15 is 0 Å². The van der Waals surface area contributed by atoms with Crippen LogP contribution in [0.5, 0.6) is 0 Å². The number of benzene rings is 2. The average molecular weight is 477 g/mol. The van der Waals surface area contributed by atoms with E-state index in [2.05, 4.69) is 46.9 Å². The van der Waals surface area contributed by atoms with Crippen LogP contribution in [-0.2, 0) is 9.53 Å². The van der Waals surface area contributed by atoms with Crippen molar-refractivity contribution in [3.05, 3.63) is 84.8 Å². The fourth-order valence-corrected chi connectivity index (χ4v) is 5.47. The van der Waals surface area contributed by atoms with E-state index in [9.17, 15) is 4.79 Å². The first-order valence-electron chi connectivity index (χ1n) is 12.4. The minimum atomic E-state index is -0.107. The Balaban J connectivity index is 1.42. The van der Waals surface area contributed by atoms with Gasteiger partial charge in [-0.15, -0.1) is 0 Å². The Morgan fingerprint density at radius 3 is 2.47 bits per heavy atom. The van der Waals surface area contributed by atoms with Crippen molar-refractivity contribution < 1.29 is 9.53 Å². The van der Waals surface area contributed by atoms with E-state index in [0.717, 1.165) is 70.4 Å². The number of ether oxygens (including phenoxy) is 1. The maximum absolute atomic E-state index is 12.0. The zero-order valence-electron chi connectivity index (χ0n) is 20.2. The molecule has 6 nitrogen and oxygen atoms in total. The highest BCUT2D eigenvalue weighted by molar-refractivity contribution is 5.92. The number of aromatic nitrogens is 3. The van der Waals surface area contributed by atoms with Gasteiger partial charge in [-0.25, -0.2) is 9.97 Å². The molecule has 0 radical (unpaired) electrons. The van der Waals surface area contributed by atoms with Crippen molar-refractivity contribution in [3.63, 3.8) is 0 Å². The highest BCUT2D eigenvalue weighted by Crippen LogP contribution is 2.39. The van der Waals surface area contributed by atoms with Crippen LogP contribution >= 0.6 is 0 Å². The van der Waals surface area contributed by atoms with Gasteiger partial charge in [-0.1, -0.05) is 48.5 Å². The van der Waals surface area contributed by atoms with Gasteiger partial charge in [0.25, 0.3) is 0 Å². The van der Waals surface area contributed by atoms with E-state index in [1.807, 2.05) is 36.5 Å². The molecule has 1 aliphatic rings. The summed E-state index contributed by atoms with van der Waals surface area (Å²) in [5.41, 5.74) is 12.9. The van der Waals surface area contributed by atoms with Crippen molar-refractivity contribution >= 4 is 28.1 Å². The van der Waals surface area contributed by atoms with Gasteiger partial charge in [-0.3, -0.25) is 4.79 Å². The minimum Gasteiger partial charge on any atom is -0.469 e. The molecule has 6 rings (SSSR count). The van der Waals surface area contributed by atoms with Gasteiger partial charge in [0, 0.05) is 28.6 Å². The Morgan fingerprint density at radius 1 is 0.917 bits per heavy atom. The molecule has 1 aliphatic carbocycles. The maximum atomic E-state index is 12.0. The van der Waals surface area contributed by atoms with Gasteiger partial charge in [0.1, 0.15) is 5.82 Å². The van der Waals surface area contributed by atoms with Gasteiger partial charge >= 0.3 is 5.97 Å². The number of carbonyl (C=O) groups is 1. The molecule has 0 bridgehead atoms. The molecule has 180 valence electrons. The van der Waals surface area contributed by atoms with E-state index < -0.39 is 0 Å². The molecule has 1 saturated carbocycles. The number of imidazole rings is 1. The van der Waals surface area contributed by atoms with E-state index in [1.54, 1.807) is 0 Å². The first-order chi connectivity index (χ1) is 17.6. The summed E-state index contributed by atoms with van der Waals surface area (Å²) in [4.78, 5) is 22.1. The molecule has 3 heterocycles. The maximum Gasteiger partial charge on any atom is 0.308 e. The van der Waals surface area contributed by atoms with Crippen molar-refractivity contribution in [3.8, 4) is 22.5 Å². The summed E-state index contributed by atoms with van der Waals surface area (Å²) in [6, 6.07) is 24.6. The Kier molecular flexibility index (Phi) is 5.64. The third kappa shape index (κ3) is 3.88. The molecule has 0 unspecified atom stereocenters. The molecule has 0 atom stereocenters. The van der Waals surface area contributed by atoms with Crippen LogP contribution in [0.25, 0.3) is 38.9 Å². The molecule has 0 saturated heterocycles. The lowest BCUT2D eigenvalue weighted by Gasteiger charge is -2.26. The van der Waals surface area contributed by atoms with Crippen LogP contribution in [0.15, 0.2) is 79.0 Å². The molecule has 0 aliphatic heterocycles. The van der Waals surface area contributed by atoms with Crippen LogP contribution in [0.3, 0.4) is 0 Å². The number of fused-ring (bicyclic) bond motifs is 2. The van der Waals surface area contributed by atoms with Gasteiger partial charge in [-0.2, -0.15) is 0 Å². The summed E-state index contributed by atoms with van der Waals surface area (Å²) in [5, 5.41) is 1.08. The van der Waals surface area contributed by atoms with Gasteiger partial charge in [0.2, 0.25) is 0 Å². The normalized spacial score (nSPS) is 17.9. The van der Waals surface area contributed by atoms with Crippen molar-refractivity contribution in [2.75, 3.05) is 12.8 Å². The average Bonchev–Trinajstić information content (AvgIpc) is 3.33. The first kappa shape index (κ1) is 22.3. The molecular formula is C30H28N4O2. The summed E-state index contributed by atoms with van der Waals surface area (Å²) in [7, 11) is 1.47. The van der Waals surface area contributed by atoms with E-state index in [1.165, 1.54) is 7.11 Å². The SMILES string of the molecule is COC(=O)[C@H]1CC[C@H](c2nc(-c3ccc4ccc(-c5ccccc5)nc4c3)c3c(N)cccn32)CC1. The van der Waals surface area contributed by atoms with Crippen molar-refractivity contribution in [2.24, 2.45) is 5.92 Å². The van der Waals surface area contributed by atoms with E-state index in [4.69, 9.17) is 20.4 Å². The second-order valence-corrected chi connectivity index (χ2v) is 9.54. The number of carbonyl (C=O) groups excluding carboxylic acids is 1. The van der Waals surface area contributed by atoms with Crippen LogP contribution in [0, 0.1) is 5.92 Å². The smallest absolute Gasteiger partial charge is 0.308 e. The van der Waals surface area contributed by atoms with Crippen LogP contribution in [0.1, 0.15) is 37.4 Å². The number of esters is 1. The number of rotatable bonds is 4. The summed E-state index contributed by atoms with van der Waals surface area (Å²) < 4.78 is 7.10. The predicted molar refractivity (Wildman–Crippen MR) is 142 cm³/mol. The van der Waals surface area contributed by atoms with Crippen LogP contribution < -0.4 is 5.73 Å². The molecule has 5 aromatic rings. The number of anilines is 1. The van der Waals surface area contributed by atoms with Crippen LogP contribution in [-0.4, -0.2) is 27.4 Å². The zero-order chi connectivity index (χ0) is 24.6. The topological polar surface area (TPSA) is 82.5 Å². The number of methoxy groups -OCH3 is 1. The first-order valence-corrected chi connectivity index (χ1v) is 12.4. The predicted octanol–water partition coefficient (Wildman–Crippen LogP) is 6.25. The Hall–Kier alpha value is -4.19. The van der Waals surface area contributed by atoms with E-state index in [0.29, 0.717) is 5.69 Å². The Labute approximate surface area is 209 Å². The third-order valence-electron chi connectivity index (χ3n) is 7.38. The lowest BCUT2D eigenvalue weighted by atomic mass is 9.81. The highest BCUT2D eigenvalue weighted by Gasteiger charge is 2.30. The molecule has 0 spiro atoms. The Bertz CT molecular complexity index is 1570. The van der Waals surface area contributed by atoms with Gasteiger partial charge in [0.15, 0.2) is 0 Å². The fourth-order valence-electron chi connectivity index (χ4n) is 5.47. The van der Waals surface area contributed by atoms with Crippen molar-refractivity contribution in [2.45, 2.75) is 31.6 Å². The van der Waals surface area contributed by atoms with Gasteiger partial charge < -0.3 is 14.9 Å². The fraction of sp³-hybridized carbons (Fsp3) is 0.233. The molecule has 0 amide bonds. The second-order valence-electron chi connectivity index (χ2n) is 9.54. The summed E-state index contributed by atoms with van der Waals surface area (Å²) >= 11 is 0. The zero-order valence-corrected chi connectivity index (χ0v) is 20.2. The largest absolute Gasteiger partial charge is 0.469 e. The minimum absolute atomic E-state index is 0.0209. The molecular weight excluding hydrogens is 448 g/mol. The van der Waals surface area contributed by atoms with Gasteiger partial charge in [-0.05, 0) is 49.9 Å². The molecule has 2 aromatic carbocycles. The standard InChI is InChI=1S/C30H28N4O2/c1-36-30(35)22-12-10-21(11-13-22)29-33-27(28-24(31)8-5-17-34(28)29)23-14-9-20-15-16-25(32-26(20)18-23)19-6-3-2-4-7-19/h2-9,14-18,21-22H,10-13,31H2,1H3/t21-,22-. The number of hydrogen-bond acceptors (Lipinski definition) is 5. The van der Waals surface area contributed by atoms with Crippen LogP contribution in [0.2, 0.25) is 0 Å². The summed E-state index contributed by atoms with van der Waals surface area (Å²) in [6.45, 7) is 0. The molecule has 3 aromatic heterocycles. The summed E-state index contributed by atoms with van der Waals surface area (Å²) in [5.74, 6) is 1.14. The second kappa shape index (κ2) is 9.11. The Morgan fingerprint density at radius 2 is 1.69 bits per heavy atom. The van der Waals surface area contributed by atoms with Crippen molar-refractivity contribution in [1.82, 2.24) is 14.4 Å². The lowest BCUT2D eigenvalue weighted by molar-refractivity contribution is -0.146. The molecule has 6 heteroatoms. The number of nitrogens with zero attached hydrogens (tertiary/aromatic N) is 3. The number of hydrogen-bond donors (Lipinski definition) is 1. The number of nitrogens with two attached hydrogens (primary N) is 1. The van der Waals surface area contributed by atoms with Gasteiger partial charge in [0.05, 0.1) is 41.1 Å². The third-order valence-corrected chi connectivity index (χ3v) is 7.38. The highest BCUT2D eigenvalue weighted by atomic mass is 16.5. The van der Waals surface area contributed by atoms with Crippen molar-refractivity contribution in [1.29, 1.82) is 0 Å². The lowest BCUT2D eigenvalue weighted by Crippen LogP contribution is -2.23. The molecule has 1 fully saturated rings. The van der Waals surface area contributed by atoms with E-state index in [-0.39, 0.29) is 17.8 Å². The number of nitrogen functional groups attached to an aromatic ring is 1. The summed E-state index contributed by atoms with van der Waals surface area (Å²) in [6.07, 6.45) is 5.45.